The molecule has 0 unspecified atom stereocenters. The molecule has 4 nitrogen and oxygen atoms in total. The summed E-state index contributed by atoms with van der Waals surface area (Å²) in [6.07, 6.45) is 0.952. The summed E-state index contributed by atoms with van der Waals surface area (Å²) in [5.74, 6) is 0.467. The summed E-state index contributed by atoms with van der Waals surface area (Å²) in [5, 5.41) is 2.93. The van der Waals surface area contributed by atoms with E-state index in [0.29, 0.717) is 12.5 Å². The second kappa shape index (κ2) is 9.76. The van der Waals surface area contributed by atoms with Crippen LogP contribution in [0.3, 0.4) is 0 Å². The topological polar surface area (TPSA) is 59.6 Å². The summed E-state index contributed by atoms with van der Waals surface area (Å²) < 4.78 is 28.3. The van der Waals surface area contributed by atoms with Crippen LogP contribution in [0, 0.1) is 0 Å². The van der Waals surface area contributed by atoms with Gasteiger partial charge in [0.05, 0.1) is 6.54 Å². The van der Waals surface area contributed by atoms with Gasteiger partial charge >= 0.3 is 6.61 Å². The zero-order chi connectivity index (χ0) is 13.4. The van der Waals surface area contributed by atoms with Gasteiger partial charge in [0, 0.05) is 6.54 Å². The third-order valence-corrected chi connectivity index (χ3v) is 2.11. The third-order valence-electron chi connectivity index (χ3n) is 2.11. The Morgan fingerprint density at radius 2 is 2.21 bits per heavy atom. The zero-order valence-corrected chi connectivity index (χ0v) is 12.9. The van der Waals surface area contributed by atoms with Crippen LogP contribution in [-0.2, 0) is 6.54 Å². The number of ether oxygens (including phenoxy) is 1. The number of alkyl halides is 2. The van der Waals surface area contributed by atoms with Crippen LogP contribution in [0.1, 0.15) is 18.9 Å². The van der Waals surface area contributed by atoms with E-state index in [1.54, 1.807) is 12.1 Å². The molecule has 7 heteroatoms. The molecular weight excluding hydrogens is 367 g/mol. The molecule has 0 amide bonds. The summed E-state index contributed by atoms with van der Waals surface area (Å²) in [7, 11) is 0. The number of nitrogens with one attached hydrogen (secondary N) is 1. The van der Waals surface area contributed by atoms with E-state index in [9.17, 15) is 8.78 Å². The lowest BCUT2D eigenvalue weighted by atomic mass is 10.2. The smallest absolute Gasteiger partial charge is 0.387 e. The van der Waals surface area contributed by atoms with Crippen molar-refractivity contribution in [1.82, 2.24) is 5.32 Å². The number of guanidine groups is 1. The van der Waals surface area contributed by atoms with Crippen LogP contribution in [0.2, 0.25) is 0 Å². The minimum Gasteiger partial charge on any atom is -0.435 e. The molecule has 0 aliphatic heterocycles. The lowest BCUT2D eigenvalue weighted by molar-refractivity contribution is -0.0498. The normalized spacial score (nSPS) is 11.1. The van der Waals surface area contributed by atoms with Gasteiger partial charge in [-0.1, -0.05) is 19.1 Å². The lowest BCUT2D eigenvalue weighted by Crippen LogP contribution is -2.32. The zero-order valence-electron chi connectivity index (χ0n) is 10.6. The molecule has 0 heterocycles. The van der Waals surface area contributed by atoms with Gasteiger partial charge < -0.3 is 15.8 Å². The molecular formula is C12H18F2IN3O. The summed E-state index contributed by atoms with van der Waals surface area (Å²) in [6, 6.07) is 6.40. The van der Waals surface area contributed by atoms with E-state index in [-0.39, 0.29) is 29.7 Å². The van der Waals surface area contributed by atoms with E-state index < -0.39 is 6.61 Å². The van der Waals surface area contributed by atoms with Gasteiger partial charge in [-0.15, -0.1) is 24.0 Å². The van der Waals surface area contributed by atoms with Crippen molar-refractivity contribution in [2.45, 2.75) is 26.5 Å². The van der Waals surface area contributed by atoms with E-state index in [4.69, 9.17) is 5.73 Å². The van der Waals surface area contributed by atoms with E-state index >= 15 is 0 Å². The van der Waals surface area contributed by atoms with Crippen LogP contribution >= 0.6 is 24.0 Å². The molecule has 0 aliphatic rings. The largest absolute Gasteiger partial charge is 0.435 e. The SMILES string of the molecule is CCCNC(N)=NCc1cccc(OC(F)F)c1.I. The van der Waals surface area contributed by atoms with Crippen LogP contribution in [-0.4, -0.2) is 19.1 Å². The Hall–Kier alpha value is -1.12. The summed E-state index contributed by atoms with van der Waals surface area (Å²) in [5.41, 5.74) is 6.37. The van der Waals surface area contributed by atoms with E-state index in [1.807, 2.05) is 6.92 Å². The van der Waals surface area contributed by atoms with Gasteiger partial charge in [0.2, 0.25) is 0 Å². The van der Waals surface area contributed by atoms with Crippen molar-refractivity contribution < 1.29 is 13.5 Å². The molecule has 0 spiro atoms. The summed E-state index contributed by atoms with van der Waals surface area (Å²) >= 11 is 0. The quantitative estimate of drug-likeness (QED) is 0.450. The van der Waals surface area contributed by atoms with Crippen molar-refractivity contribution in [3.8, 4) is 5.75 Å². The van der Waals surface area contributed by atoms with Gasteiger partial charge in [0.15, 0.2) is 5.96 Å². The molecule has 1 rings (SSSR count). The number of hydrogen-bond acceptors (Lipinski definition) is 2. The van der Waals surface area contributed by atoms with Crippen LogP contribution in [0.15, 0.2) is 29.3 Å². The number of hydrogen-bond donors (Lipinski definition) is 2. The predicted octanol–water partition coefficient (Wildman–Crippen LogP) is 2.72. The predicted molar refractivity (Wildman–Crippen MR) is 82.1 cm³/mol. The van der Waals surface area contributed by atoms with Crippen molar-refractivity contribution in [3.05, 3.63) is 29.8 Å². The Balaban J connectivity index is 0.00000324. The van der Waals surface area contributed by atoms with Gasteiger partial charge in [-0.05, 0) is 24.1 Å². The Morgan fingerprint density at radius 3 is 2.84 bits per heavy atom. The first kappa shape index (κ1) is 17.9. The number of rotatable bonds is 6. The second-order valence-electron chi connectivity index (χ2n) is 3.65. The highest BCUT2D eigenvalue weighted by Gasteiger charge is 2.04. The van der Waals surface area contributed by atoms with E-state index in [1.165, 1.54) is 12.1 Å². The van der Waals surface area contributed by atoms with Gasteiger partial charge in [-0.2, -0.15) is 8.78 Å². The lowest BCUT2D eigenvalue weighted by Gasteiger charge is -2.06. The summed E-state index contributed by atoms with van der Waals surface area (Å²) in [6.45, 7) is 0.276. The first-order valence-corrected chi connectivity index (χ1v) is 5.69. The molecule has 0 fully saturated rings. The first-order chi connectivity index (χ1) is 8.61. The van der Waals surface area contributed by atoms with Crippen LogP contribution in [0.25, 0.3) is 0 Å². The molecule has 0 radical (unpaired) electrons. The molecule has 0 saturated heterocycles. The maximum Gasteiger partial charge on any atom is 0.387 e. The molecule has 0 aromatic heterocycles. The Bertz CT molecular complexity index is 402. The monoisotopic (exact) mass is 385 g/mol. The Morgan fingerprint density at radius 1 is 1.47 bits per heavy atom. The molecule has 19 heavy (non-hydrogen) atoms. The molecule has 0 saturated carbocycles. The van der Waals surface area contributed by atoms with Crippen LogP contribution < -0.4 is 15.8 Å². The number of halogens is 3. The molecule has 0 atom stereocenters. The van der Waals surface area contributed by atoms with Crippen molar-refractivity contribution in [3.63, 3.8) is 0 Å². The fourth-order valence-electron chi connectivity index (χ4n) is 1.31. The van der Waals surface area contributed by atoms with Crippen LogP contribution in [0.4, 0.5) is 8.78 Å². The average molecular weight is 385 g/mol. The fourth-order valence-corrected chi connectivity index (χ4v) is 1.31. The standard InChI is InChI=1S/C12H17F2N3O.HI/c1-2-6-16-12(15)17-8-9-4-3-5-10(7-9)18-11(13)14;/h3-5,7,11H,2,6,8H2,1H3,(H3,15,16,17);1H. The van der Waals surface area contributed by atoms with Crippen molar-refractivity contribution in [2.24, 2.45) is 10.7 Å². The number of nitrogens with zero attached hydrogens (tertiary/aromatic N) is 1. The highest BCUT2D eigenvalue weighted by atomic mass is 127. The van der Waals surface area contributed by atoms with Crippen LogP contribution in [0.5, 0.6) is 5.75 Å². The highest BCUT2D eigenvalue weighted by molar-refractivity contribution is 14.0. The van der Waals surface area contributed by atoms with Gasteiger partial charge in [0.25, 0.3) is 0 Å². The number of benzene rings is 1. The van der Waals surface area contributed by atoms with Crippen molar-refractivity contribution >= 4 is 29.9 Å². The second-order valence-corrected chi connectivity index (χ2v) is 3.65. The Labute approximate surface area is 128 Å². The Kier molecular flexibility index (Phi) is 9.19. The number of aliphatic imine (C=N–C) groups is 1. The molecule has 0 bridgehead atoms. The maximum absolute atomic E-state index is 12.0. The van der Waals surface area contributed by atoms with Gasteiger partial charge in [0.1, 0.15) is 5.75 Å². The van der Waals surface area contributed by atoms with E-state index in [0.717, 1.165) is 18.5 Å². The van der Waals surface area contributed by atoms with Gasteiger partial charge in [-0.25, -0.2) is 4.99 Å². The van der Waals surface area contributed by atoms with Crippen molar-refractivity contribution in [2.75, 3.05) is 6.54 Å². The van der Waals surface area contributed by atoms with Crippen molar-refractivity contribution in [1.29, 1.82) is 0 Å². The molecule has 3 N–H and O–H groups in total. The minimum absolute atomic E-state index is 0. The summed E-state index contributed by atoms with van der Waals surface area (Å²) in [4.78, 5) is 4.09. The molecule has 1 aromatic carbocycles. The third kappa shape index (κ3) is 7.81. The molecule has 1 aromatic rings. The van der Waals surface area contributed by atoms with Gasteiger partial charge in [-0.3, -0.25) is 0 Å². The molecule has 0 aliphatic carbocycles. The number of nitrogens with two attached hydrogens (primary N) is 1. The fraction of sp³-hybridized carbons (Fsp3) is 0.417. The minimum atomic E-state index is -2.82. The first-order valence-electron chi connectivity index (χ1n) is 5.69. The van der Waals surface area contributed by atoms with E-state index in [2.05, 4.69) is 15.0 Å². The maximum atomic E-state index is 12.0. The molecule has 108 valence electrons. The highest BCUT2D eigenvalue weighted by Crippen LogP contribution is 2.16. The average Bonchev–Trinajstić information content (AvgIpc) is 2.33.